The Morgan fingerprint density at radius 3 is 1.98 bits per heavy atom. The van der Waals surface area contributed by atoms with Gasteiger partial charge in [0.2, 0.25) is 0 Å². The van der Waals surface area contributed by atoms with E-state index in [1.165, 1.54) is 75.3 Å². The van der Waals surface area contributed by atoms with Crippen LogP contribution in [0.15, 0.2) is 48.5 Å². The van der Waals surface area contributed by atoms with Crippen molar-refractivity contribution in [2.24, 2.45) is 0 Å². The van der Waals surface area contributed by atoms with E-state index in [1.807, 2.05) is 12.1 Å². The lowest BCUT2D eigenvalue weighted by Gasteiger charge is -2.36. The van der Waals surface area contributed by atoms with Crippen LogP contribution in [0.5, 0.6) is 0 Å². The molecule has 0 atom stereocenters. The quantitative estimate of drug-likeness (QED) is 0.118. The van der Waals surface area contributed by atoms with E-state index in [1.54, 1.807) is 0 Å². The number of hydrogen-bond acceptors (Lipinski definition) is 4. The molecule has 234 valence electrons. The average Bonchev–Trinajstić information content (AvgIpc) is 3.35. The van der Waals surface area contributed by atoms with Crippen LogP contribution in [0.1, 0.15) is 129 Å². The summed E-state index contributed by atoms with van der Waals surface area (Å²) in [7, 11) is 0. The zero-order valence-electron chi connectivity index (χ0n) is 27.8. The van der Waals surface area contributed by atoms with Crippen molar-refractivity contribution < 1.29 is 0 Å². The van der Waals surface area contributed by atoms with Crippen LogP contribution < -0.4 is 5.73 Å². The van der Waals surface area contributed by atoms with E-state index in [0.717, 1.165) is 66.7 Å². The summed E-state index contributed by atoms with van der Waals surface area (Å²) in [4.78, 5) is 12.3. The maximum Gasteiger partial charge on any atom is 0.152 e. The monoisotopic (exact) mass is 583 g/mol. The molecule has 0 aliphatic carbocycles. The van der Waals surface area contributed by atoms with Crippen molar-refractivity contribution in [2.75, 3.05) is 12.3 Å². The number of fused-ring (bicyclic) bond motifs is 3. The zero-order chi connectivity index (χ0) is 30.7. The second kappa shape index (κ2) is 16.2. The van der Waals surface area contributed by atoms with Gasteiger partial charge in [-0.05, 0) is 57.4 Å². The minimum atomic E-state index is 0.150. The molecule has 5 nitrogen and oxygen atoms in total. The van der Waals surface area contributed by atoms with Crippen LogP contribution in [-0.2, 0) is 19.5 Å². The third-order valence-electron chi connectivity index (χ3n) is 8.91. The van der Waals surface area contributed by atoms with Gasteiger partial charge in [0.05, 0.1) is 11.0 Å². The zero-order valence-corrected chi connectivity index (χ0v) is 27.8. The highest BCUT2D eigenvalue weighted by molar-refractivity contribution is 6.06. The van der Waals surface area contributed by atoms with Gasteiger partial charge in [0, 0.05) is 30.4 Å². The lowest BCUT2D eigenvalue weighted by atomic mass is 10.0. The summed E-state index contributed by atoms with van der Waals surface area (Å²) in [6, 6.07) is 17.5. The number of unbranched alkanes of at least 4 members (excludes halogenated alkanes) is 10. The summed E-state index contributed by atoms with van der Waals surface area (Å²) in [5.74, 6) is 1.62. The molecular weight excluding hydrogens is 526 g/mol. The highest BCUT2D eigenvalue weighted by Gasteiger charge is 2.21. The topological polar surface area (TPSA) is 60.0 Å². The summed E-state index contributed by atoms with van der Waals surface area (Å²) in [5.41, 5.74) is 12.1. The van der Waals surface area contributed by atoms with Crippen LogP contribution in [-0.4, -0.2) is 31.5 Å². The van der Waals surface area contributed by atoms with E-state index < -0.39 is 0 Å². The molecule has 0 aliphatic heterocycles. The molecule has 43 heavy (non-hydrogen) atoms. The number of rotatable bonds is 18. The maximum atomic E-state index is 6.42. The summed E-state index contributed by atoms with van der Waals surface area (Å²) in [6.45, 7) is 14.5. The number of para-hydroxylation sites is 1. The minimum absolute atomic E-state index is 0.150. The van der Waals surface area contributed by atoms with Gasteiger partial charge in [0.1, 0.15) is 11.3 Å². The second-order valence-electron chi connectivity index (χ2n) is 13.5. The third kappa shape index (κ3) is 9.28. The molecule has 2 aromatic carbocycles. The molecule has 0 saturated heterocycles. The van der Waals surface area contributed by atoms with E-state index in [2.05, 4.69) is 85.5 Å². The fraction of sp³-hybridized carbons (Fsp3) is 0.579. The predicted octanol–water partition coefficient (Wildman–Crippen LogP) is 10.1. The van der Waals surface area contributed by atoms with Crippen molar-refractivity contribution in [3.63, 3.8) is 0 Å². The van der Waals surface area contributed by atoms with Crippen molar-refractivity contribution in [1.82, 2.24) is 19.4 Å². The normalized spacial score (nSPS) is 12.2. The van der Waals surface area contributed by atoms with Gasteiger partial charge in [-0.3, -0.25) is 4.90 Å². The molecule has 0 bridgehead atoms. The number of imidazole rings is 1. The van der Waals surface area contributed by atoms with Crippen molar-refractivity contribution in [3.05, 3.63) is 65.5 Å². The highest BCUT2D eigenvalue weighted by atomic mass is 15.2. The first-order valence-electron chi connectivity index (χ1n) is 17.2. The molecule has 0 unspecified atom stereocenters. The Hall–Kier alpha value is -2.92. The van der Waals surface area contributed by atoms with Crippen LogP contribution in [0, 0.1) is 0 Å². The second-order valence-corrected chi connectivity index (χ2v) is 13.5. The summed E-state index contributed by atoms with van der Waals surface area (Å²) >= 11 is 0. The van der Waals surface area contributed by atoms with Crippen LogP contribution in [0.3, 0.4) is 0 Å². The number of hydrogen-bond donors (Lipinski definition) is 1. The van der Waals surface area contributed by atoms with E-state index in [-0.39, 0.29) is 5.54 Å². The number of nitrogens with zero attached hydrogens (tertiary/aromatic N) is 4. The number of anilines is 1. The Balaban J connectivity index is 1.40. The molecule has 0 amide bonds. The molecule has 2 heterocycles. The lowest BCUT2D eigenvalue weighted by molar-refractivity contribution is 0.124. The Kier molecular flexibility index (Phi) is 12.5. The highest BCUT2D eigenvalue weighted by Crippen LogP contribution is 2.30. The van der Waals surface area contributed by atoms with Gasteiger partial charge in [-0.1, -0.05) is 121 Å². The number of aromatic nitrogens is 3. The van der Waals surface area contributed by atoms with Crippen LogP contribution >= 0.6 is 0 Å². The number of nitrogens with two attached hydrogens (primary N) is 1. The predicted molar refractivity (Wildman–Crippen MR) is 186 cm³/mol. The van der Waals surface area contributed by atoms with E-state index in [4.69, 9.17) is 10.7 Å². The van der Waals surface area contributed by atoms with Crippen LogP contribution in [0.4, 0.5) is 5.82 Å². The fourth-order valence-corrected chi connectivity index (χ4v) is 6.20. The van der Waals surface area contributed by atoms with Crippen molar-refractivity contribution >= 4 is 27.8 Å². The Morgan fingerprint density at radius 2 is 1.33 bits per heavy atom. The summed E-state index contributed by atoms with van der Waals surface area (Å²) < 4.78 is 2.38. The molecule has 0 aliphatic rings. The van der Waals surface area contributed by atoms with Crippen LogP contribution in [0.2, 0.25) is 0 Å². The first kappa shape index (κ1) is 33.0. The standard InChI is InChI=1S/C38H57N5/c1-6-8-10-11-12-13-14-15-16-19-27-42(38(3,4)5)28-30-23-25-31(26-24-30)29-43-34(22-9-7-2)41-35-36(43)32-20-17-18-21-33(32)40-37(35)39/h17-18,20-21,23-26H,6-16,19,22,27-29H2,1-5H3,(H2,39,40). The van der Waals surface area contributed by atoms with Gasteiger partial charge < -0.3 is 10.3 Å². The molecule has 0 radical (unpaired) electrons. The molecular formula is C38H57N5. The van der Waals surface area contributed by atoms with Crippen molar-refractivity contribution in [3.8, 4) is 0 Å². The van der Waals surface area contributed by atoms with E-state index >= 15 is 0 Å². The molecule has 2 aromatic heterocycles. The molecule has 5 heteroatoms. The number of pyridine rings is 1. The number of aryl methyl sites for hydroxylation is 1. The lowest BCUT2D eigenvalue weighted by Crippen LogP contribution is -2.41. The van der Waals surface area contributed by atoms with Crippen molar-refractivity contribution in [2.45, 2.75) is 137 Å². The molecule has 0 saturated carbocycles. The van der Waals surface area contributed by atoms with Gasteiger partial charge in [-0.15, -0.1) is 0 Å². The number of benzene rings is 2. The van der Waals surface area contributed by atoms with Crippen LogP contribution in [0.25, 0.3) is 21.9 Å². The molecule has 4 aromatic rings. The summed E-state index contributed by atoms with van der Waals surface area (Å²) in [6.07, 6.45) is 17.0. The first-order chi connectivity index (χ1) is 20.8. The van der Waals surface area contributed by atoms with Gasteiger partial charge >= 0.3 is 0 Å². The Morgan fingerprint density at radius 1 is 0.721 bits per heavy atom. The molecule has 4 rings (SSSR count). The fourth-order valence-electron chi connectivity index (χ4n) is 6.20. The summed E-state index contributed by atoms with van der Waals surface area (Å²) in [5, 5.41) is 1.12. The molecule has 0 fully saturated rings. The van der Waals surface area contributed by atoms with Gasteiger partial charge in [-0.25, -0.2) is 9.97 Å². The van der Waals surface area contributed by atoms with Gasteiger partial charge in [0.15, 0.2) is 5.82 Å². The Bertz CT molecular complexity index is 1400. The smallest absolute Gasteiger partial charge is 0.152 e. The van der Waals surface area contributed by atoms with E-state index in [9.17, 15) is 0 Å². The maximum absolute atomic E-state index is 6.42. The van der Waals surface area contributed by atoms with Gasteiger partial charge in [-0.2, -0.15) is 0 Å². The number of nitrogen functional groups attached to an aromatic ring is 1. The molecule has 2 N–H and O–H groups in total. The average molecular weight is 584 g/mol. The van der Waals surface area contributed by atoms with Gasteiger partial charge in [0.25, 0.3) is 0 Å². The molecule has 0 spiro atoms. The third-order valence-corrected chi connectivity index (χ3v) is 8.91. The van der Waals surface area contributed by atoms with Crippen molar-refractivity contribution in [1.29, 1.82) is 0 Å². The SMILES string of the molecule is CCCCCCCCCCCCN(Cc1ccc(Cn2c(CCCC)nc3c(N)nc4ccccc4c32)cc1)C(C)(C)C. The van der Waals surface area contributed by atoms with E-state index in [0.29, 0.717) is 5.82 Å². The Labute approximate surface area is 261 Å². The largest absolute Gasteiger partial charge is 0.382 e. The minimum Gasteiger partial charge on any atom is -0.382 e. The first-order valence-corrected chi connectivity index (χ1v) is 17.2.